The largest absolute Gasteiger partial charge is 0.356 e. The molecule has 0 aromatic rings. The van der Waals surface area contributed by atoms with Gasteiger partial charge in [0.25, 0.3) is 0 Å². The molecule has 1 aliphatic rings. The molecular weight excluding hydrogens is 210 g/mol. The van der Waals surface area contributed by atoms with Gasteiger partial charge in [-0.3, -0.25) is 4.79 Å². The minimum atomic E-state index is 0.282. The Morgan fingerprint density at radius 1 is 1.00 bits per heavy atom. The van der Waals surface area contributed by atoms with Crippen molar-refractivity contribution in [2.45, 2.75) is 80.6 Å². The lowest BCUT2D eigenvalue weighted by atomic mass is 10.1. The third kappa shape index (κ3) is 13.4. The van der Waals surface area contributed by atoms with Gasteiger partial charge in [0.2, 0.25) is 5.91 Å². The zero-order chi connectivity index (χ0) is 14.1. The Balaban J connectivity index is -0.000000285. The molecule has 1 aliphatic carbocycles. The molecule has 0 aromatic heterocycles. The van der Waals surface area contributed by atoms with E-state index in [9.17, 15) is 4.79 Å². The predicted octanol–water partition coefficient (Wildman–Crippen LogP) is 4.78. The van der Waals surface area contributed by atoms with Crippen LogP contribution >= 0.6 is 0 Å². The van der Waals surface area contributed by atoms with E-state index in [-0.39, 0.29) is 5.91 Å². The van der Waals surface area contributed by atoms with Crippen molar-refractivity contribution in [1.82, 2.24) is 5.32 Å². The van der Waals surface area contributed by atoms with Gasteiger partial charge in [-0.05, 0) is 19.3 Å². The number of amides is 1. The summed E-state index contributed by atoms with van der Waals surface area (Å²) in [7, 11) is 0. The second-order valence-corrected chi connectivity index (χ2v) is 3.27. The van der Waals surface area contributed by atoms with E-state index in [1.165, 1.54) is 12.8 Å². The Hall–Kier alpha value is -0.530. The fourth-order valence-corrected chi connectivity index (χ4v) is 1.58. The number of nitrogens with one attached hydrogen (secondary N) is 1. The summed E-state index contributed by atoms with van der Waals surface area (Å²) in [6.45, 7) is 14.9. The molecule has 0 bridgehead atoms. The van der Waals surface area contributed by atoms with Gasteiger partial charge < -0.3 is 5.32 Å². The second-order valence-electron chi connectivity index (χ2n) is 3.27. The molecule has 2 heteroatoms. The third-order valence-corrected chi connectivity index (χ3v) is 2.28. The fraction of sp³-hybridized carbons (Fsp3) is 0.933. The minimum absolute atomic E-state index is 0.282. The van der Waals surface area contributed by atoms with Gasteiger partial charge in [-0.2, -0.15) is 0 Å². The first-order valence-electron chi connectivity index (χ1n) is 7.62. The van der Waals surface area contributed by atoms with Crippen molar-refractivity contribution in [3.8, 4) is 0 Å². The highest BCUT2D eigenvalue weighted by Crippen LogP contribution is 2.24. The molecule has 106 valence electrons. The van der Waals surface area contributed by atoms with Gasteiger partial charge in [0.1, 0.15) is 0 Å². The molecule has 1 fully saturated rings. The summed E-state index contributed by atoms with van der Waals surface area (Å²) in [6.07, 6.45) is 5.73. The number of rotatable bonds is 3. The van der Waals surface area contributed by atoms with Gasteiger partial charge in [0.05, 0.1) is 0 Å². The van der Waals surface area contributed by atoms with E-state index in [2.05, 4.69) is 12.2 Å². The first kappa shape index (κ1) is 21.7. The molecule has 0 radical (unpaired) electrons. The molecule has 0 saturated heterocycles. The van der Waals surface area contributed by atoms with Crippen LogP contribution in [0.1, 0.15) is 80.6 Å². The zero-order valence-corrected chi connectivity index (χ0v) is 13.2. The molecule has 17 heavy (non-hydrogen) atoms. The van der Waals surface area contributed by atoms with E-state index in [1.807, 2.05) is 41.5 Å². The van der Waals surface area contributed by atoms with E-state index in [1.54, 1.807) is 0 Å². The number of carbonyl (C=O) groups is 1. The van der Waals surface area contributed by atoms with Crippen LogP contribution in [0.15, 0.2) is 0 Å². The van der Waals surface area contributed by atoms with Gasteiger partial charge >= 0.3 is 0 Å². The van der Waals surface area contributed by atoms with Crippen molar-refractivity contribution in [2.24, 2.45) is 5.92 Å². The summed E-state index contributed by atoms with van der Waals surface area (Å²) < 4.78 is 0. The van der Waals surface area contributed by atoms with Gasteiger partial charge in [-0.1, -0.05) is 61.3 Å². The first-order chi connectivity index (χ1) is 8.34. The maximum absolute atomic E-state index is 11.3. The summed E-state index contributed by atoms with van der Waals surface area (Å²) in [5.74, 6) is 0.617. The summed E-state index contributed by atoms with van der Waals surface area (Å²) in [6, 6.07) is 0. The fourth-order valence-electron chi connectivity index (χ4n) is 1.58. The molecule has 1 N–H and O–H groups in total. The molecule has 0 heterocycles. The Labute approximate surface area is 110 Å². The molecule has 0 unspecified atom stereocenters. The molecule has 0 aromatic carbocycles. The van der Waals surface area contributed by atoms with Gasteiger partial charge in [-0.25, -0.2) is 0 Å². The Morgan fingerprint density at radius 2 is 1.41 bits per heavy atom. The Morgan fingerprint density at radius 3 is 1.76 bits per heavy atom. The topological polar surface area (TPSA) is 29.1 Å². The van der Waals surface area contributed by atoms with Crippen LogP contribution in [0.5, 0.6) is 0 Å². The van der Waals surface area contributed by atoms with Crippen LogP contribution in [0.3, 0.4) is 0 Å². The summed E-state index contributed by atoms with van der Waals surface area (Å²) in [5.41, 5.74) is 0. The van der Waals surface area contributed by atoms with Crippen LogP contribution in [-0.4, -0.2) is 12.5 Å². The van der Waals surface area contributed by atoms with E-state index in [0.717, 1.165) is 25.8 Å². The molecular formula is C15H35NO. The van der Waals surface area contributed by atoms with Crippen molar-refractivity contribution in [3.63, 3.8) is 0 Å². The average molecular weight is 245 g/mol. The average Bonchev–Trinajstić information content (AvgIpc) is 2.97. The highest BCUT2D eigenvalue weighted by Gasteiger charge is 2.21. The second kappa shape index (κ2) is 20.8. The summed E-state index contributed by atoms with van der Waals surface area (Å²) >= 11 is 0. The van der Waals surface area contributed by atoms with Crippen LogP contribution in [0.25, 0.3) is 0 Å². The number of carbonyl (C=O) groups excluding carboxylic acids is 1. The standard InChI is InChI=1S/C9H17NO.3C2H6/c1-2-7-10-9(11)8-5-3-4-6-8;3*1-2/h8H,2-7H2,1H3,(H,10,11);3*1-2H3. The van der Waals surface area contributed by atoms with Crippen molar-refractivity contribution in [3.05, 3.63) is 0 Å². The number of hydrogen-bond acceptors (Lipinski definition) is 1. The molecule has 1 saturated carbocycles. The Kier molecular flexibility index (Phi) is 26.6. The van der Waals surface area contributed by atoms with Crippen LogP contribution < -0.4 is 5.32 Å². The zero-order valence-electron chi connectivity index (χ0n) is 13.2. The SMILES string of the molecule is CC.CC.CC.CCCNC(=O)C1CCCC1. The predicted molar refractivity (Wildman–Crippen MR) is 79.3 cm³/mol. The third-order valence-electron chi connectivity index (χ3n) is 2.28. The quantitative estimate of drug-likeness (QED) is 0.761. The van der Waals surface area contributed by atoms with E-state index in [4.69, 9.17) is 0 Å². The van der Waals surface area contributed by atoms with Crippen molar-refractivity contribution >= 4 is 5.91 Å². The molecule has 0 aliphatic heterocycles. The van der Waals surface area contributed by atoms with Crippen molar-refractivity contribution < 1.29 is 4.79 Å². The van der Waals surface area contributed by atoms with Crippen LogP contribution in [0, 0.1) is 5.92 Å². The van der Waals surface area contributed by atoms with Crippen molar-refractivity contribution in [2.75, 3.05) is 6.54 Å². The van der Waals surface area contributed by atoms with Gasteiger partial charge in [0.15, 0.2) is 0 Å². The van der Waals surface area contributed by atoms with E-state index < -0.39 is 0 Å². The molecule has 0 spiro atoms. The lowest BCUT2D eigenvalue weighted by molar-refractivity contribution is -0.124. The lowest BCUT2D eigenvalue weighted by Gasteiger charge is -2.08. The highest BCUT2D eigenvalue weighted by atomic mass is 16.1. The highest BCUT2D eigenvalue weighted by molar-refractivity contribution is 5.78. The minimum Gasteiger partial charge on any atom is -0.356 e. The van der Waals surface area contributed by atoms with Crippen molar-refractivity contribution in [1.29, 1.82) is 0 Å². The van der Waals surface area contributed by atoms with Gasteiger partial charge in [0, 0.05) is 12.5 Å². The van der Waals surface area contributed by atoms with Crippen LogP contribution in [0.4, 0.5) is 0 Å². The summed E-state index contributed by atoms with van der Waals surface area (Å²) in [4.78, 5) is 11.3. The summed E-state index contributed by atoms with van der Waals surface area (Å²) in [5, 5.41) is 2.94. The van der Waals surface area contributed by atoms with Crippen LogP contribution in [-0.2, 0) is 4.79 Å². The molecule has 0 atom stereocenters. The molecule has 1 rings (SSSR count). The van der Waals surface area contributed by atoms with Crippen LogP contribution in [0.2, 0.25) is 0 Å². The van der Waals surface area contributed by atoms with E-state index in [0.29, 0.717) is 5.92 Å². The smallest absolute Gasteiger partial charge is 0.223 e. The lowest BCUT2D eigenvalue weighted by Crippen LogP contribution is -2.29. The number of hydrogen-bond donors (Lipinski definition) is 1. The van der Waals surface area contributed by atoms with Gasteiger partial charge in [-0.15, -0.1) is 0 Å². The maximum Gasteiger partial charge on any atom is 0.223 e. The Bertz CT molecular complexity index is 129. The molecule has 2 nitrogen and oxygen atoms in total. The molecule has 1 amide bonds. The van der Waals surface area contributed by atoms with E-state index >= 15 is 0 Å². The normalized spacial score (nSPS) is 13.1. The maximum atomic E-state index is 11.3. The monoisotopic (exact) mass is 245 g/mol. The first-order valence-corrected chi connectivity index (χ1v) is 7.62.